The van der Waals surface area contributed by atoms with Crippen LogP contribution in [0.15, 0.2) is 0 Å². The lowest BCUT2D eigenvalue weighted by Crippen LogP contribution is -2.42. The first-order chi connectivity index (χ1) is 4.45. The minimum Gasteiger partial charge on any atom is -0.390 e. The largest absolute Gasteiger partial charge is 0.390 e. The van der Waals surface area contributed by atoms with E-state index in [0.29, 0.717) is 13.1 Å². The summed E-state index contributed by atoms with van der Waals surface area (Å²) in [5, 5.41) is 12.2. The van der Waals surface area contributed by atoms with E-state index in [-0.39, 0.29) is 5.54 Å². The van der Waals surface area contributed by atoms with Crippen molar-refractivity contribution in [1.29, 1.82) is 0 Å². The van der Waals surface area contributed by atoms with Crippen molar-refractivity contribution >= 4 is 0 Å². The Morgan fingerprint density at radius 1 is 1.50 bits per heavy atom. The van der Waals surface area contributed by atoms with Gasteiger partial charge in [-0.05, 0) is 20.8 Å². The molecule has 0 aromatic heterocycles. The Kier molecular flexibility index (Phi) is 3.86. The average molecular weight is 146 g/mol. The van der Waals surface area contributed by atoms with Crippen LogP contribution in [-0.4, -0.2) is 29.8 Å². The smallest absolute Gasteiger partial charge is 0.0786 e. The minimum atomic E-state index is -0.417. The maximum atomic E-state index is 9.03. The monoisotopic (exact) mass is 146 g/mol. The highest BCUT2D eigenvalue weighted by molar-refractivity contribution is 4.72. The molecule has 0 rings (SSSR count). The Morgan fingerprint density at radius 2 is 2.00 bits per heavy atom. The molecule has 0 spiro atoms. The summed E-state index contributed by atoms with van der Waals surface area (Å²) in [6, 6.07) is 0. The number of hydrogen-bond donors (Lipinski definition) is 3. The SMILES string of the molecule is CC(C)(C)NC[C@@H](O)CN. The molecule has 4 N–H and O–H groups in total. The third-order valence-electron chi connectivity index (χ3n) is 1.14. The molecule has 3 nitrogen and oxygen atoms in total. The van der Waals surface area contributed by atoms with Crippen LogP contribution in [0.3, 0.4) is 0 Å². The maximum Gasteiger partial charge on any atom is 0.0786 e. The van der Waals surface area contributed by atoms with Gasteiger partial charge in [0.25, 0.3) is 0 Å². The number of nitrogens with one attached hydrogen (secondary N) is 1. The van der Waals surface area contributed by atoms with E-state index < -0.39 is 6.10 Å². The van der Waals surface area contributed by atoms with Crippen LogP contribution < -0.4 is 11.1 Å². The van der Waals surface area contributed by atoms with Crippen LogP contribution in [0.4, 0.5) is 0 Å². The minimum absolute atomic E-state index is 0.0656. The second kappa shape index (κ2) is 3.91. The number of rotatable bonds is 3. The highest BCUT2D eigenvalue weighted by Gasteiger charge is 2.10. The first kappa shape index (κ1) is 9.88. The van der Waals surface area contributed by atoms with E-state index in [4.69, 9.17) is 10.8 Å². The van der Waals surface area contributed by atoms with Crippen molar-refractivity contribution in [3.63, 3.8) is 0 Å². The van der Waals surface area contributed by atoms with Crippen molar-refractivity contribution in [1.82, 2.24) is 5.32 Å². The van der Waals surface area contributed by atoms with Crippen LogP contribution in [0.25, 0.3) is 0 Å². The number of aliphatic hydroxyl groups excluding tert-OH is 1. The molecule has 1 atom stereocenters. The number of aliphatic hydroxyl groups is 1. The summed E-state index contributed by atoms with van der Waals surface area (Å²) < 4.78 is 0. The zero-order chi connectivity index (χ0) is 8.20. The predicted molar refractivity (Wildman–Crippen MR) is 42.8 cm³/mol. The van der Waals surface area contributed by atoms with E-state index in [1.807, 2.05) is 0 Å². The van der Waals surface area contributed by atoms with Gasteiger partial charge in [-0.1, -0.05) is 0 Å². The first-order valence-electron chi connectivity index (χ1n) is 3.59. The maximum absolute atomic E-state index is 9.03. The lowest BCUT2D eigenvalue weighted by Gasteiger charge is -2.22. The Balaban J connectivity index is 3.36. The summed E-state index contributed by atoms with van der Waals surface area (Å²) in [6.07, 6.45) is -0.417. The van der Waals surface area contributed by atoms with E-state index >= 15 is 0 Å². The molecule has 0 radical (unpaired) electrons. The summed E-state index contributed by atoms with van der Waals surface area (Å²) in [4.78, 5) is 0. The zero-order valence-electron chi connectivity index (χ0n) is 7.02. The molecule has 0 aromatic carbocycles. The van der Waals surface area contributed by atoms with Crippen molar-refractivity contribution in [2.75, 3.05) is 13.1 Å². The highest BCUT2D eigenvalue weighted by Crippen LogP contribution is 1.97. The Labute approximate surface area is 62.6 Å². The van der Waals surface area contributed by atoms with Crippen molar-refractivity contribution < 1.29 is 5.11 Å². The van der Waals surface area contributed by atoms with Gasteiger partial charge in [0.05, 0.1) is 6.10 Å². The molecule has 3 heteroatoms. The van der Waals surface area contributed by atoms with E-state index in [1.54, 1.807) is 0 Å². The van der Waals surface area contributed by atoms with Crippen LogP contribution in [0.2, 0.25) is 0 Å². The second-order valence-corrected chi connectivity index (χ2v) is 3.52. The molecule has 0 aliphatic rings. The van der Waals surface area contributed by atoms with Crippen LogP contribution >= 0.6 is 0 Å². The van der Waals surface area contributed by atoms with Crippen molar-refractivity contribution in [3.8, 4) is 0 Å². The van der Waals surface area contributed by atoms with Crippen LogP contribution in [-0.2, 0) is 0 Å². The molecule has 0 unspecified atom stereocenters. The quantitative estimate of drug-likeness (QED) is 0.512. The van der Waals surface area contributed by atoms with Gasteiger partial charge < -0.3 is 16.2 Å². The van der Waals surface area contributed by atoms with Crippen molar-refractivity contribution in [2.45, 2.75) is 32.4 Å². The number of β-amino-alcohol motifs (C(OH)–C–C–N with tert-alkyl or cyclic N) is 1. The molecule has 0 saturated carbocycles. The summed E-state index contributed by atoms with van der Waals surface area (Å²) in [7, 11) is 0. The Bertz CT molecular complexity index is 88.1. The molecule has 0 heterocycles. The topological polar surface area (TPSA) is 58.3 Å². The van der Waals surface area contributed by atoms with Gasteiger partial charge in [-0.15, -0.1) is 0 Å². The van der Waals surface area contributed by atoms with Gasteiger partial charge in [-0.2, -0.15) is 0 Å². The first-order valence-corrected chi connectivity index (χ1v) is 3.59. The third-order valence-corrected chi connectivity index (χ3v) is 1.14. The second-order valence-electron chi connectivity index (χ2n) is 3.52. The summed E-state index contributed by atoms with van der Waals surface area (Å²) in [6.45, 7) is 7.05. The Hall–Kier alpha value is -0.120. The summed E-state index contributed by atoms with van der Waals surface area (Å²) in [5.41, 5.74) is 5.28. The standard InChI is InChI=1S/C7H18N2O/c1-7(2,3)9-5-6(10)4-8/h6,9-10H,4-5,8H2,1-3H3/t6-/m0/s1. The number of nitrogens with two attached hydrogens (primary N) is 1. The summed E-state index contributed by atoms with van der Waals surface area (Å²) >= 11 is 0. The molecule has 0 fully saturated rings. The van der Waals surface area contributed by atoms with Gasteiger partial charge in [0.1, 0.15) is 0 Å². The fourth-order valence-electron chi connectivity index (χ4n) is 0.507. The van der Waals surface area contributed by atoms with Crippen LogP contribution in [0.5, 0.6) is 0 Å². The molecule has 0 saturated heterocycles. The van der Waals surface area contributed by atoms with Gasteiger partial charge in [0, 0.05) is 18.6 Å². The van der Waals surface area contributed by atoms with Gasteiger partial charge in [0.15, 0.2) is 0 Å². The van der Waals surface area contributed by atoms with E-state index in [9.17, 15) is 0 Å². The molecule has 62 valence electrons. The lowest BCUT2D eigenvalue weighted by atomic mass is 10.1. The third kappa shape index (κ3) is 6.01. The summed E-state index contributed by atoms with van der Waals surface area (Å²) in [5.74, 6) is 0. The molecule has 0 bridgehead atoms. The normalized spacial score (nSPS) is 15.3. The molecule has 0 aliphatic heterocycles. The molecule has 0 aromatic rings. The number of hydrogen-bond acceptors (Lipinski definition) is 3. The molecular weight excluding hydrogens is 128 g/mol. The molecule has 10 heavy (non-hydrogen) atoms. The zero-order valence-corrected chi connectivity index (χ0v) is 7.02. The van der Waals surface area contributed by atoms with Crippen molar-refractivity contribution in [3.05, 3.63) is 0 Å². The van der Waals surface area contributed by atoms with Gasteiger partial charge in [-0.25, -0.2) is 0 Å². The van der Waals surface area contributed by atoms with E-state index in [0.717, 1.165) is 0 Å². The van der Waals surface area contributed by atoms with Gasteiger partial charge in [-0.3, -0.25) is 0 Å². The van der Waals surface area contributed by atoms with Gasteiger partial charge in [0.2, 0.25) is 0 Å². The van der Waals surface area contributed by atoms with Crippen LogP contribution in [0.1, 0.15) is 20.8 Å². The lowest BCUT2D eigenvalue weighted by molar-refractivity contribution is 0.168. The van der Waals surface area contributed by atoms with Crippen molar-refractivity contribution in [2.24, 2.45) is 5.73 Å². The molecule has 0 amide bonds. The average Bonchev–Trinajstić information content (AvgIpc) is 1.81. The molecular formula is C7H18N2O. The Morgan fingerprint density at radius 3 is 2.30 bits per heavy atom. The van der Waals surface area contributed by atoms with E-state index in [1.165, 1.54) is 0 Å². The van der Waals surface area contributed by atoms with E-state index in [2.05, 4.69) is 26.1 Å². The fraction of sp³-hybridized carbons (Fsp3) is 1.00. The highest BCUT2D eigenvalue weighted by atomic mass is 16.3. The van der Waals surface area contributed by atoms with Crippen LogP contribution in [0, 0.1) is 0 Å². The van der Waals surface area contributed by atoms with Gasteiger partial charge >= 0.3 is 0 Å². The molecule has 0 aliphatic carbocycles. The predicted octanol–water partition coefficient (Wildman–Crippen LogP) is -0.306. The fourth-order valence-corrected chi connectivity index (χ4v) is 0.507.